The van der Waals surface area contributed by atoms with Crippen molar-refractivity contribution in [3.8, 4) is 11.5 Å². The number of thioether (sulfide) groups is 1. The van der Waals surface area contributed by atoms with E-state index >= 15 is 0 Å². The van der Waals surface area contributed by atoms with Crippen LogP contribution >= 0.6 is 11.8 Å². The topological polar surface area (TPSA) is 77.8 Å². The van der Waals surface area contributed by atoms with Crippen LogP contribution in [0.3, 0.4) is 0 Å². The fourth-order valence-electron chi connectivity index (χ4n) is 1.80. The van der Waals surface area contributed by atoms with E-state index in [1.165, 1.54) is 11.8 Å². The minimum atomic E-state index is -0.0518. The lowest BCUT2D eigenvalue weighted by Gasteiger charge is -2.01. The van der Waals surface area contributed by atoms with Crippen LogP contribution in [0.2, 0.25) is 0 Å². The zero-order valence-corrected chi connectivity index (χ0v) is 13.4. The van der Waals surface area contributed by atoms with Crippen LogP contribution < -0.4 is 0 Å². The third-order valence-corrected chi connectivity index (χ3v) is 3.95. The summed E-state index contributed by atoms with van der Waals surface area (Å²) in [6.07, 6.45) is 0. The summed E-state index contributed by atoms with van der Waals surface area (Å²) in [6.45, 7) is 6.02. The quantitative estimate of drug-likeness (QED) is 0.656. The highest BCUT2D eigenvalue weighted by molar-refractivity contribution is 7.99. The average molecular weight is 316 g/mol. The summed E-state index contributed by atoms with van der Waals surface area (Å²) in [4.78, 5) is 4.38. The summed E-state index contributed by atoms with van der Waals surface area (Å²) in [7, 11) is 0. The Morgan fingerprint density at radius 2 is 1.82 bits per heavy atom. The predicted molar refractivity (Wildman–Crippen MR) is 82.4 cm³/mol. The van der Waals surface area contributed by atoms with Crippen LogP contribution in [0.15, 0.2) is 44.5 Å². The van der Waals surface area contributed by atoms with E-state index < -0.39 is 0 Å². The van der Waals surface area contributed by atoms with Gasteiger partial charge in [0.1, 0.15) is 0 Å². The monoisotopic (exact) mass is 316 g/mol. The van der Waals surface area contributed by atoms with E-state index in [0.29, 0.717) is 22.8 Å². The Balaban J connectivity index is 1.71. The van der Waals surface area contributed by atoms with Gasteiger partial charge in [0.05, 0.1) is 5.25 Å². The first-order valence-corrected chi connectivity index (χ1v) is 7.90. The second-order valence-corrected chi connectivity index (χ2v) is 6.44. The molecule has 0 fully saturated rings. The summed E-state index contributed by atoms with van der Waals surface area (Å²) in [5.74, 6) is 2.01. The largest absolute Gasteiger partial charge is 0.411 e. The SMILES string of the molecule is CC(C)c1noc(C(C)Sc2nnc(-c3ccccc3)o2)n1. The Labute approximate surface area is 132 Å². The highest BCUT2D eigenvalue weighted by atomic mass is 32.2. The van der Waals surface area contributed by atoms with Gasteiger partial charge in [-0.15, -0.1) is 10.2 Å². The minimum absolute atomic E-state index is 0.0518. The molecule has 0 radical (unpaired) electrons. The standard InChI is InChI=1S/C15H16N4O2S/c1-9(2)12-16-13(21-19-12)10(3)22-15-18-17-14(20-15)11-7-5-4-6-8-11/h4-10H,1-3H3. The molecule has 2 aromatic heterocycles. The molecule has 0 saturated heterocycles. The number of hydrogen-bond acceptors (Lipinski definition) is 7. The molecule has 0 bridgehead atoms. The molecule has 1 atom stereocenters. The second kappa shape index (κ2) is 6.31. The van der Waals surface area contributed by atoms with Gasteiger partial charge in [0.15, 0.2) is 5.82 Å². The number of aromatic nitrogens is 4. The van der Waals surface area contributed by atoms with E-state index in [1.807, 2.05) is 51.1 Å². The number of nitrogens with zero attached hydrogens (tertiary/aromatic N) is 4. The van der Waals surface area contributed by atoms with Crippen molar-refractivity contribution in [2.75, 3.05) is 0 Å². The van der Waals surface area contributed by atoms with E-state index in [9.17, 15) is 0 Å². The highest BCUT2D eigenvalue weighted by Gasteiger charge is 2.20. The van der Waals surface area contributed by atoms with Crippen LogP contribution in [-0.4, -0.2) is 20.3 Å². The minimum Gasteiger partial charge on any atom is -0.411 e. The molecule has 0 N–H and O–H groups in total. The van der Waals surface area contributed by atoms with Crippen molar-refractivity contribution >= 4 is 11.8 Å². The molecule has 0 spiro atoms. The molecule has 3 aromatic rings. The highest BCUT2D eigenvalue weighted by Crippen LogP contribution is 2.34. The maximum Gasteiger partial charge on any atom is 0.277 e. The Morgan fingerprint density at radius 3 is 2.50 bits per heavy atom. The Morgan fingerprint density at radius 1 is 1.05 bits per heavy atom. The van der Waals surface area contributed by atoms with Crippen molar-refractivity contribution in [3.63, 3.8) is 0 Å². The zero-order valence-electron chi connectivity index (χ0n) is 12.6. The van der Waals surface area contributed by atoms with E-state index in [0.717, 1.165) is 5.56 Å². The van der Waals surface area contributed by atoms with E-state index in [-0.39, 0.29) is 11.2 Å². The van der Waals surface area contributed by atoms with Crippen LogP contribution in [0.1, 0.15) is 43.7 Å². The molecule has 0 aliphatic rings. The molecule has 0 amide bonds. The molecule has 1 unspecified atom stereocenters. The van der Waals surface area contributed by atoms with Crippen LogP contribution in [0, 0.1) is 0 Å². The van der Waals surface area contributed by atoms with Gasteiger partial charge in [0, 0.05) is 11.5 Å². The fraction of sp³-hybridized carbons (Fsp3) is 0.333. The number of rotatable bonds is 5. The first kappa shape index (κ1) is 14.8. The molecule has 2 heterocycles. The fourth-order valence-corrected chi connectivity index (χ4v) is 2.52. The van der Waals surface area contributed by atoms with Crippen molar-refractivity contribution in [1.29, 1.82) is 0 Å². The van der Waals surface area contributed by atoms with Gasteiger partial charge in [-0.25, -0.2) is 0 Å². The molecular formula is C15H16N4O2S. The maximum absolute atomic E-state index is 5.67. The molecule has 114 valence electrons. The number of hydrogen-bond donors (Lipinski definition) is 0. The van der Waals surface area contributed by atoms with Gasteiger partial charge < -0.3 is 8.94 Å². The molecule has 22 heavy (non-hydrogen) atoms. The lowest BCUT2D eigenvalue weighted by Crippen LogP contribution is -1.92. The first-order chi connectivity index (χ1) is 10.6. The van der Waals surface area contributed by atoms with Crippen LogP contribution in [0.25, 0.3) is 11.5 Å². The summed E-state index contributed by atoms with van der Waals surface area (Å²) >= 11 is 1.40. The molecule has 3 rings (SSSR count). The van der Waals surface area contributed by atoms with Crippen molar-refractivity contribution in [2.24, 2.45) is 0 Å². The van der Waals surface area contributed by atoms with Crippen molar-refractivity contribution in [1.82, 2.24) is 20.3 Å². The third kappa shape index (κ3) is 3.19. The maximum atomic E-state index is 5.67. The second-order valence-electron chi connectivity index (χ2n) is 5.14. The van der Waals surface area contributed by atoms with Gasteiger partial charge in [-0.05, 0) is 19.1 Å². The molecule has 6 nitrogen and oxygen atoms in total. The first-order valence-electron chi connectivity index (χ1n) is 7.02. The Kier molecular flexibility index (Phi) is 4.24. The van der Waals surface area contributed by atoms with Gasteiger partial charge in [-0.3, -0.25) is 0 Å². The summed E-state index contributed by atoms with van der Waals surface area (Å²) in [5.41, 5.74) is 0.898. The van der Waals surface area contributed by atoms with E-state index in [1.54, 1.807) is 0 Å². The zero-order chi connectivity index (χ0) is 15.5. The molecule has 7 heteroatoms. The van der Waals surface area contributed by atoms with Gasteiger partial charge >= 0.3 is 0 Å². The lowest BCUT2D eigenvalue weighted by molar-refractivity contribution is 0.372. The predicted octanol–water partition coefficient (Wildman–Crippen LogP) is 4.10. The summed E-state index contributed by atoms with van der Waals surface area (Å²) in [6, 6.07) is 9.66. The number of benzene rings is 1. The molecular weight excluding hydrogens is 300 g/mol. The molecule has 1 aromatic carbocycles. The normalized spacial score (nSPS) is 12.7. The summed E-state index contributed by atoms with van der Waals surface area (Å²) in [5, 5.41) is 12.5. The molecule has 0 aliphatic carbocycles. The lowest BCUT2D eigenvalue weighted by atomic mass is 10.2. The third-order valence-electron chi connectivity index (χ3n) is 3.03. The summed E-state index contributed by atoms with van der Waals surface area (Å²) < 4.78 is 10.9. The van der Waals surface area contributed by atoms with Crippen molar-refractivity contribution in [2.45, 2.75) is 37.2 Å². The van der Waals surface area contributed by atoms with Crippen molar-refractivity contribution in [3.05, 3.63) is 42.0 Å². The Bertz CT molecular complexity index is 739. The van der Waals surface area contributed by atoms with Crippen LogP contribution in [0.4, 0.5) is 0 Å². The molecule has 0 aliphatic heterocycles. The van der Waals surface area contributed by atoms with Gasteiger partial charge in [0.25, 0.3) is 5.22 Å². The van der Waals surface area contributed by atoms with E-state index in [2.05, 4.69) is 20.3 Å². The molecule has 0 saturated carbocycles. The van der Waals surface area contributed by atoms with Gasteiger partial charge in [-0.1, -0.05) is 49.0 Å². The average Bonchev–Trinajstić information content (AvgIpc) is 3.17. The van der Waals surface area contributed by atoms with Crippen LogP contribution in [0.5, 0.6) is 0 Å². The smallest absolute Gasteiger partial charge is 0.277 e. The van der Waals surface area contributed by atoms with Gasteiger partial charge in [0.2, 0.25) is 11.8 Å². The van der Waals surface area contributed by atoms with E-state index in [4.69, 9.17) is 8.94 Å². The Hall–Kier alpha value is -2.15. The van der Waals surface area contributed by atoms with Crippen LogP contribution in [-0.2, 0) is 0 Å². The van der Waals surface area contributed by atoms with Crippen molar-refractivity contribution < 1.29 is 8.94 Å². The van der Waals surface area contributed by atoms with Gasteiger partial charge in [-0.2, -0.15) is 4.98 Å².